The molecule has 0 spiro atoms. The molecule has 21 heavy (non-hydrogen) atoms. The lowest BCUT2D eigenvalue weighted by atomic mass is 10.2. The lowest BCUT2D eigenvalue weighted by Crippen LogP contribution is -2.45. The molecule has 126 valence electrons. The van der Waals surface area contributed by atoms with Crippen LogP contribution in [0.1, 0.15) is 61.3 Å². The SMILES string of the molecule is CC[Si](CC)(CC)[O][Al]([O]CCC(C)C)[O]CCC(C)C. The molecule has 0 saturated carbocycles. The quantitative estimate of drug-likeness (QED) is 0.438. The van der Waals surface area contributed by atoms with Crippen LogP contribution in [-0.4, -0.2) is 36.7 Å². The molecule has 0 heterocycles. The highest BCUT2D eigenvalue weighted by Gasteiger charge is 2.41. The largest absolute Gasteiger partial charge is 0.894 e. The fraction of sp³-hybridized carbons (Fsp3) is 1.00. The van der Waals surface area contributed by atoms with Crippen LogP contribution in [0.2, 0.25) is 18.1 Å². The second-order valence-corrected chi connectivity index (χ2v) is 13.4. The van der Waals surface area contributed by atoms with Gasteiger partial charge in [-0.25, -0.2) is 0 Å². The monoisotopic (exact) mass is 332 g/mol. The van der Waals surface area contributed by atoms with Gasteiger partial charge in [0, 0.05) is 13.2 Å². The number of hydrogen-bond donors (Lipinski definition) is 0. The topological polar surface area (TPSA) is 27.7 Å². The van der Waals surface area contributed by atoms with E-state index in [-0.39, 0.29) is 0 Å². The zero-order valence-corrected chi connectivity index (χ0v) is 17.6. The molecule has 0 radical (unpaired) electrons. The molecule has 0 rings (SSSR count). The van der Waals surface area contributed by atoms with E-state index in [0.29, 0.717) is 11.8 Å². The Bertz CT molecular complexity index is 223. The maximum Gasteiger partial charge on any atom is 0.894 e. The van der Waals surface area contributed by atoms with E-state index >= 15 is 0 Å². The fourth-order valence-electron chi connectivity index (χ4n) is 2.12. The van der Waals surface area contributed by atoms with Crippen molar-refractivity contribution in [2.45, 2.75) is 79.4 Å². The summed E-state index contributed by atoms with van der Waals surface area (Å²) < 4.78 is 18.5. The Balaban J connectivity index is 4.46. The molecule has 0 saturated heterocycles. The second kappa shape index (κ2) is 12.1. The third-order valence-corrected chi connectivity index (χ3v) is 11.8. The van der Waals surface area contributed by atoms with E-state index in [1.54, 1.807) is 0 Å². The third-order valence-electron chi connectivity index (χ3n) is 4.18. The highest BCUT2D eigenvalue weighted by Crippen LogP contribution is 2.23. The van der Waals surface area contributed by atoms with Gasteiger partial charge in [-0.05, 0) is 42.8 Å². The molecule has 0 aromatic carbocycles. The normalized spacial score (nSPS) is 12.4. The molecule has 0 aliphatic rings. The van der Waals surface area contributed by atoms with Crippen LogP contribution in [0.4, 0.5) is 0 Å². The summed E-state index contributed by atoms with van der Waals surface area (Å²) in [7, 11) is -1.62. The van der Waals surface area contributed by atoms with Crippen molar-refractivity contribution >= 4 is 23.5 Å². The average Bonchev–Trinajstić information content (AvgIpc) is 2.43. The van der Waals surface area contributed by atoms with Gasteiger partial charge in [-0.3, -0.25) is 0 Å². The summed E-state index contributed by atoms with van der Waals surface area (Å²) >= 11 is -1.97. The van der Waals surface area contributed by atoms with Gasteiger partial charge in [0.1, 0.15) is 0 Å². The summed E-state index contributed by atoms with van der Waals surface area (Å²) in [5.74, 6) is 1.33. The fourth-order valence-corrected chi connectivity index (χ4v) is 8.55. The van der Waals surface area contributed by atoms with Crippen molar-refractivity contribution in [2.75, 3.05) is 13.2 Å². The van der Waals surface area contributed by atoms with E-state index in [1.165, 1.54) is 0 Å². The van der Waals surface area contributed by atoms with Crippen molar-refractivity contribution in [1.29, 1.82) is 0 Å². The van der Waals surface area contributed by atoms with Crippen LogP contribution >= 0.6 is 0 Å². The lowest BCUT2D eigenvalue weighted by molar-refractivity contribution is 0.126. The molecule has 0 aliphatic heterocycles. The average molecular weight is 333 g/mol. The van der Waals surface area contributed by atoms with Gasteiger partial charge in [-0.2, -0.15) is 0 Å². The first-order valence-corrected chi connectivity index (χ1v) is 12.7. The Hall–Kier alpha value is 0.629. The first kappa shape index (κ1) is 21.6. The minimum atomic E-state index is -1.97. The molecule has 5 heteroatoms. The molecular formula is C16H37AlO3Si. The molecule has 0 N–H and O–H groups in total. The van der Waals surface area contributed by atoms with Crippen molar-refractivity contribution in [2.24, 2.45) is 11.8 Å². The van der Waals surface area contributed by atoms with E-state index in [2.05, 4.69) is 48.5 Å². The van der Waals surface area contributed by atoms with E-state index < -0.39 is 23.5 Å². The first-order chi connectivity index (χ1) is 9.89. The van der Waals surface area contributed by atoms with Crippen LogP contribution in [-0.2, 0) is 11.1 Å². The highest BCUT2D eigenvalue weighted by atomic mass is 28.4. The summed E-state index contributed by atoms with van der Waals surface area (Å²) in [4.78, 5) is 0. The Morgan fingerprint density at radius 2 is 1.14 bits per heavy atom. The predicted molar refractivity (Wildman–Crippen MR) is 94.9 cm³/mol. The molecular weight excluding hydrogens is 295 g/mol. The van der Waals surface area contributed by atoms with Crippen molar-refractivity contribution in [3.05, 3.63) is 0 Å². The molecule has 0 aliphatic carbocycles. The van der Waals surface area contributed by atoms with Gasteiger partial charge in [0.15, 0.2) is 8.32 Å². The summed E-state index contributed by atoms with van der Waals surface area (Å²) in [5, 5.41) is 0. The van der Waals surface area contributed by atoms with Gasteiger partial charge in [0.25, 0.3) is 0 Å². The van der Waals surface area contributed by atoms with Gasteiger partial charge in [-0.1, -0.05) is 48.5 Å². The van der Waals surface area contributed by atoms with Crippen molar-refractivity contribution in [3.8, 4) is 0 Å². The molecule has 0 atom stereocenters. The van der Waals surface area contributed by atoms with E-state index in [1.807, 2.05) is 0 Å². The first-order valence-electron chi connectivity index (χ1n) is 8.80. The molecule has 0 fully saturated rings. The summed E-state index contributed by atoms with van der Waals surface area (Å²) in [6.45, 7) is 17.2. The Kier molecular flexibility index (Phi) is 12.5. The zero-order valence-electron chi connectivity index (χ0n) is 15.4. The van der Waals surface area contributed by atoms with Crippen molar-refractivity contribution in [1.82, 2.24) is 0 Å². The second-order valence-electron chi connectivity index (χ2n) is 6.76. The molecule has 3 nitrogen and oxygen atoms in total. The van der Waals surface area contributed by atoms with Crippen LogP contribution in [0, 0.1) is 11.8 Å². The van der Waals surface area contributed by atoms with Gasteiger partial charge >= 0.3 is 15.1 Å². The highest BCUT2D eigenvalue weighted by molar-refractivity contribution is 6.78. The molecule has 0 amide bonds. The smallest absolute Gasteiger partial charge is 0.498 e. The Labute approximate surface area is 139 Å². The van der Waals surface area contributed by atoms with Crippen LogP contribution in [0.25, 0.3) is 0 Å². The molecule has 0 bridgehead atoms. The van der Waals surface area contributed by atoms with Gasteiger partial charge < -0.3 is 11.1 Å². The summed E-state index contributed by atoms with van der Waals surface area (Å²) in [5.41, 5.74) is 0. The number of hydrogen-bond acceptors (Lipinski definition) is 3. The standard InChI is InChI=1S/C6H15OSi.2C5H11O.Al/c1-4-8(7,5-2)6-3;2*1-5(2)3-4-6;/h4-6H2,1-3H3;2*5H,3-4H2,1-2H3;/q3*-1;+3. The Morgan fingerprint density at radius 1 is 0.762 bits per heavy atom. The molecule has 0 aromatic rings. The Morgan fingerprint density at radius 3 is 1.43 bits per heavy atom. The van der Waals surface area contributed by atoms with Crippen LogP contribution in [0.5, 0.6) is 0 Å². The number of rotatable bonds is 13. The minimum absolute atomic E-state index is 0.667. The predicted octanol–water partition coefficient (Wildman–Crippen LogP) is 5.12. The van der Waals surface area contributed by atoms with Gasteiger partial charge in [0.05, 0.1) is 0 Å². The van der Waals surface area contributed by atoms with Crippen molar-refractivity contribution in [3.63, 3.8) is 0 Å². The van der Waals surface area contributed by atoms with Crippen LogP contribution in [0.3, 0.4) is 0 Å². The maximum absolute atomic E-state index is 6.48. The zero-order chi connectivity index (χ0) is 16.3. The van der Waals surface area contributed by atoms with Crippen molar-refractivity contribution < 1.29 is 11.1 Å². The summed E-state index contributed by atoms with van der Waals surface area (Å²) in [6.07, 6.45) is 2.17. The van der Waals surface area contributed by atoms with E-state index in [4.69, 9.17) is 11.1 Å². The summed E-state index contributed by atoms with van der Waals surface area (Å²) in [6, 6.07) is 3.47. The van der Waals surface area contributed by atoms with Gasteiger partial charge in [0.2, 0.25) is 0 Å². The van der Waals surface area contributed by atoms with Gasteiger partial charge in [-0.15, -0.1) is 0 Å². The molecule has 0 aromatic heterocycles. The maximum atomic E-state index is 6.48. The van der Waals surface area contributed by atoms with E-state index in [9.17, 15) is 0 Å². The van der Waals surface area contributed by atoms with E-state index in [0.717, 1.165) is 44.2 Å². The minimum Gasteiger partial charge on any atom is -0.498 e. The van der Waals surface area contributed by atoms with Crippen LogP contribution in [0.15, 0.2) is 0 Å². The lowest BCUT2D eigenvalue weighted by Gasteiger charge is -2.31. The third kappa shape index (κ3) is 10.1. The molecule has 0 unspecified atom stereocenters. The van der Waals surface area contributed by atoms with Crippen LogP contribution < -0.4 is 0 Å².